The Kier molecular flexibility index (Phi) is 5.20. The Morgan fingerprint density at radius 2 is 2.33 bits per heavy atom. The molecule has 1 aromatic carbocycles. The van der Waals surface area contributed by atoms with Crippen molar-refractivity contribution in [2.45, 2.75) is 6.10 Å². The minimum absolute atomic E-state index is 0.00728. The first-order chi connectivity index (χ1) is 8.49. The van der Waals surface area contributed by atoms with Crippen molar-refractivity contribution in [3.8, 4) is 0 Å². The van der Waals surface area contributed by atoms with Crippen molar-refractivity contribution in [1.82, 2.24) is 0 Å². The minimum Gasteiger partial charge on any atom is -0.370 e. The molecule has 0 aliphatic heterocycles. The van der Waals surface area contributed by atoms with Crippen molar-refractivity contribution >= 4 is 33.2 Å². The lowest BCUT2D eigenvalue weighted by Crippen LogP contribution is -2.36. The largest absolute Gasteiger partial charge is 0.370 e. The summed E-state index contributed by atoms with van der Waals surface area (Å²) in [5, 5.41) is 13.3. The molecule has 98 valence electrons. The van der Waals surface area contributed by atoms with Gasteiger partial charge >= 0.3 is 0 Å². The fourth-order valence-electron chi connectivity index (χ4n) is 1.29. The Balaban J connectivity index is 2.97. The molecule has 1 unspecified atom stereocenters. The van der Waals surface area contributed by atoms with Gasteiger partial charge in [0.15, 0.2) is 0 Å². The molecule has 0 saturated heterocycles. The van der Waals surface area contributed by atoms with E-state index in [1.807, 2.05) is 0 Å². The SMILES string of the molecule is COC(CN)C(=O)Nc1ccc(Br)cc1[N+](=O)[O-]. The lowest BCUT2D eigenvalue weighted by Gasteiger charge is -2.13. The van der Waals surface area contributed by atoms with Crippen LogP contribution < -0.4 is 11.1 Å². The zero-order valence-corrected chi connectivity index (χ0v) is 11.1. The molecular formula is C10H12BrN3O4. The normalized spacial score (nSPS) is 11.9. The molecule has 7 nitrogen and oxygen atoms in total. The Morgan fingerprint density at radius 3 is 2.83 bits per heavy atom. The van der Waals surface area contributed by atoms with Crippen LogP contribution in [0.4, 0.5) is 11.4 Å². The third-order valence-corrected chi connectivity index (χ3v) is 2.70. The first kappa shape index (κ1) is 14.6. The number of hydrogen-bond donors (Lipinski definition) is 2. The van der Waals surface area contributed by atoms with Crippen LogP contribution in [-0.2, 0) is 9.53 Å². The number of rotatable bonds is 5. The van der Waals surface area contributed by atoms with Crippen molar-refractivity contribution in [2.75, 3.05) is 19.0 Å². The van der Waals surface area contributed by atoms with Crippen molar-refractivity contribution in [3.63, 3.8) is 0 Å². The van der Waals surface area contributed by atoms with Crippen LogP contribution in [0.5, 0.6) is 0 Å². The van der Waals surface area contributed by atoms with E-state index in [1.54, 1.807) is 6.07 Å². The fourth-order valence-corrected chi connectivity index (χ4v) is 1.63. The molecule has 8 heteroatoms. The van der Waals surface area contributed by atoms with Gasteiger partial charge in [0, 0.05) is 24.2 Å². The van der Waals surface area contributed by atoms with Crippen molar-refractivity contribution < 1.29 is 14.5 Å². The first-order valence-electron chi connectivity index (χ1n) is 4.97. The van der Waals surface area contributed by atoms with E-state index in [2.05, 4.69) is 21.2 Å². The Hall–Kier alpha value is -1.51. The van der Waals surface area contributed by atoms with E-state index in [1.165, 1.54) is 19.2 Å². The van der Waals surface area contributed by atoms with Gasteiger partial charge in [-0.3, -0.25) is 14.9 Å². The number of carbonyl (C=O) groups is 1. The molecule has 1 rings (SSSR count). The Bertz CT molecular complexity index is 462. The maximum Gasteiger partial charge on any atom is 0.293 e. The highest BCUT2D eigenvalue weighted by molar-refractivity contribution is 9.10. The predicted octanol–water partition coefficient (Wildman–Crippen LogP) is 1.27. The molecule has 1 aromatic rings. The summed E-state index contributed by atoms with van der Waals surface area (Å²) < 4.78 is 5.39. The van der Waals surface area contributed by atoms with Crippen LogP contribution in [0.1, 0.15) is 0 Å². The highest BCUT2D eigenvalue weighted by Gasteiger charge is 2.21. The van der Waals surface area contributed by atoms with Crippen molar-refractivity contribution in [2.24, 2.45) is 5.73 Å². The standard InChI is InChI=1S/C10H12BrN3O4/c1-18-9(5-12)10(15)13-7-3-2-6(11)4-8(7)14(16)17/h2-4,9H,5,12H2,1H3,(H,13,15). The van der Waals surface area contributed by atoms with E-state index < -0.39 is 16.9 Å². The highest BCUT2D eigenvalue weighted by Crippen LogP contribution is 2.28. The van der Waals surface area contributed by atoms with Crippen LogP contribution in [0.25, 0.3) is 0 Å². The molecule has 0 heterocycles. The number of ether oxygens (including phenoxy) is 1. The van der Waals surface area contributed by atoms with Gasteiger partial charge in [0.1, 0.15) is 11.8 Å². The maximum absolute atomic E-state index is 11.7. The second-order valence-electron chi connectivity index (χ2n) is 3.37. The van der Waals surface area contributed by atoms with Gasteiger partial charge in [0.25, 0.3) is 11.6 Å². The molecule has 1 amide bonds. The number of carbonyl (C=O) groups excluding carboxylic acids is 1. The first-order valence-corrected chi connectivity index (χ1v) is 5.76. The summed E-state index contributed by atoms with van der Waals surface area (Å²) in [6, 6.07) is 4.33. The van der Waals surface area contributed by atoms with Crippen LogP contribution in [0, 0.1) is 10.1 Å². The smallest absolute Gasteiger partial charge is 0.293 e. The number of nitro groups is 1. The van der Waals surface area contributed by atoms with Gasteiger partial charge in [0.05, 0.1) is 4.92 Å². The maximum atomic E-state index is 11.7. The van der Waals surface area contributed by atoms with Gasteiger partial charge in [-0.25, -0.2) is 0 Å². The molecular weight excluding hydrogens is 306 g/mol. The summed E-state index contributed by atoms with van der Waals surface area (Å²) in [6.45, 7) is -0.00728. The van der Waals surface area contributed by atoms with Gasteiger partial charge in [-0.15, -0.1) is 0 Å². The van der Waals surface area contributed by atoms with Gasteiger partial charge in [-0.1, -0.05) is 15.9 Å². The summed E-state index contributed by atoms with van der Waals surface area (Å²) in [7, 11) is 1.34. The average Bonchev–Trinajstić information content (AvgIpc) is 2.32. The lowest BCUT2D eigenvalue weighted by molar-refractivity contribution is -0.384. The molecule has 0 radical (unpaired) electrons. The third kappa shape index (κ3) is 3.49. The monoisotopic (exact) mass is 317 g/mol. The number of nitro benzene ring substituents is 1. The zero-order valence-electron chi connectivity index (χ0n) is 9.55. The predicted molar refractivity (Wildman–Crippen MR) is 69.3 cm³/mol. The van der Waals surface area contributed by atoms with E-state index >= 15 is 0 Å². The number of nitrogens with one attached hydrogen (secondary N) is 1. The van der Waals surface area contributed by atoms with Crippen LogP contribution >= 0.6 is 15.9 Å². The molecule has 0 aliphatic rings. The molecule has 0 aliphatic carbocycles. The molecule has 1 atom stereocenters. The third-order valence-electron chi connectivity index (χ3n) is 2.21. The van der Waals surface area contributed by atoms with Gasteiger partial charge in [-0.2, -0.15) is 0 Å². The summed E-state index contributed by atoms with van der Waals surface area (Å²) in [5.74, 6) is -0.523. The second-order valence-corrected chi connectivity index (χ2v) is 4.28. The number of nitrogens with zero attached hydrogens (tertiary/aromatic N) is 1. The van der Waals surface area contributed by atoms with Gasteiger partial charge < -0.3 is 15.8 Å². The van der Waals surface area contributed by atoms with Gasteiger partial charge in [0.2, 0.25) is 0 Å². The van der Waals surface area contributed by atoms with Gasteiger partial charge in [-0.05, 0) is 12.1 Å². The number of anilines is 1. The van der Waals surface area contributed by atoms with E-state index in [9.17, 15) is 14.9 Å². The molecule has 0 fully saturated rings. The summed E-state index contributed by atoms with van der Waals surface area (Å²) in [6.07, 6.45) is -0.840. The van der Waals surface area contributed by atoms with Crippen LogP contribution in [-0.4, -0.2) is 30.6 Å². The number of benzene rings is 1. The molecule has 0 aromatic heterocycles. The summed E-state index contributed by atoms with van der Waals surface area (Å²) in [5.41, 5.74) is 5.23. The fraction of sp³-hybridized carbons (Fsp3) is 0.300. The number of amides is 1. The molecule has 0 saturated carbocycles. The number of hydrogen-bond acceptors (Lipinski definition) is 5. The molecule has 0 bridgehead atoms. The summed E-state index contributed by atoms with van der Waals surface area (Å²) >= 11 is 3.13. The van der Waals surface area contributed by atoms with E-state index in [0.29, 0.717) is 4.47 Å². The van der Waals surface area contributed by atoms with E-state index in [-0.39, 0.29) is 17.9 Å². The minimum atomic E-state index is -0.840. The zero-order chi connectivity index (χ0) is 13.7. The average molecular weight is 318 g/mol. The Labute approximate surface area is 112 Å². The Morgan fingerprint density at radius 1 is 1.67 bits per heavy atom. The van der Waals surface area contributed by atoms with E-state index in [0.717, 1.165) is 0 Å². The number of methoxy groups -OCH3 is 1. The topological polar surface area (TPSA) is 107 Å². The molecule has 0 spiro atoms. The quantitative estimate of drug-likeness (QED) is 0.628. The lowest BCUT2D eigenvalue weighted by atomic mass is 10.2. The van der Waals surface area contributed by atoms with Crippen LogP contribution in [0.2, 0.25) is 0 Å². The van der Waals surface area contributed by atoms with Crippen molar-refractivity contribution in [3.05, 3.63) is 32.8 Å². The number of nitrogens with two attached hydrogens (primary N) is 1. The van der Waals surface area contributed by atoms with Crippen LogP contribution in [0.15, 0.2) is 22.7 Å². The molecule has 3 N–H and O–H groups in total. The molecule has 18 heavy (non-hydrogen) atoms. The highest BCUT2D eigenvalue weighted by atomic mass is 79.9. The van der Waals surface area contributed by atoms with E-state index in [4.69, 9.17) is 10.5 Å². The van der Waals surface area contributed by atoms with Crippen LogP contribution in [0.3, 0.4) is 0 Å². The summed E-state index contributed by atoms with van der Waals surface area (Å²) in [4.78, 5) is 21.9. The second kappa shape index (κ2) is 6.43. The number of halogens is 1. The van der Waals surface area contributed by atoms with Crippen molar-refractivity contribution in [1.29, 1.82) is 0 Å².